The predicted octanol–water partition coefficient (Wildman–Crippen LogP) is 4.18. The largest absolute Gasteiger partial charge is 0.491 e. The van der Waals surface area contributed by atoms with Crippen LogP contribution in [0.3, 0.4) is 0 Å². The molecule has 0 unspecified atom stereocenters. The number of hydrogen-bond donors (Lipinski definition) is 4. The van der Waals surface area contributed by atoms with Gasteiger partial charge < -0.3 is 51.0 Å². The van der Waals surface area contributed by atoms with Crippen LogP contribution in [0.1, 0.15) is 19.4 Å². The number of likely N-dealkylation sites (N-methyl/N-ethyl adjacent to an activating group) is 1. The van der Waals surface area contributed by atoms with Gasteiger partial charge in [-0.2, -0.15) is 19.3 Å². The average Bonchev–Trinajstić information content (AvgIpc) is 3.86. The quantitative estimate of drug-likeness (QED) is 0.136. The predicted molar refractivity (Wildman–Crippen MR) is 241 cm³/mol. The summed E-state index contributed by atoms with van der Waals surface area (Å²) in [5, 5.41) is 15.5. The van der Waals surface area contributed by atoms with E-state index in [2.05, 4.69) is 85.6 Å². The molecule has 3 aliphatic rings. The third kappa shape index (κ3) is 10.8. The van der Waals surface area contributed by atoms with Crippen LogP contribution < -0.4 is 36.6 Å². The van der Waals surface area contributed by atoms with E-state index in [4.69, 9.17) is 25.7 Å². The zero-order chi connectivity index (χ0) is 42.8. The van der Waals surface area contributed by atoms with Crippen molar-refractivity contribution in [2.24, 2.45) is 0 Å². The number of nitrogen functional groups attached to an aromatic ring is 2. The molecule has 9 rings (SSSR count). The second-order valence-electron chi connectivity index (χ2n) is 15.5. The molecule has 62 heavy (non-hydrogen) atoms. The molecular formula is C43H56N16O3. The summed E-state index contributed by atoms with van der Waals surface area (Å²) in [6, 6.07) is 23.7. The highest BCUT2D eigenvalue weighted by Crippen LogP contribution is 2.29. The van der Waals surface area contributed by atoms with E-state index in [9.17, 15) is 0 Å². The van der Waals surface area contributed by atoms with Gasteiger partial charge in [0.2, 0.25) is 23.8 Å². The van der Waals surface area contributed by atoms with E-state index < -0.39 is 0 Å². The van der Waals surface area contributed by atoms with E-state index in [1.54, 1.807) is 17.1 Å². The van der Waals surface area contributed by atoms with Crippen LogP contribution in [0.2, 0.25) is 0 Å². The van der Waals surface area contributed by atoms with Gasteiger partial charge in [0.15, 0.2) is 5.82 Å². The zero-order valence-corrected chi connectivity index (χ0v) is 35.6. The molecule has 3 fully saturated rings. The van der Waals surface area contributed by atoms with Crippen LogP contribution in [0.5, 0.6) is 5.75 Å². The summed E-state index contributed by atoms with van der Waals surface area (Å²) in [6.45, 7) is 15.6. The van der Waals surface area contributed by atoms with Crippen molar-refractivity contribution >= 4 is 46.7 Å². The van der Waals surface area contributed by atoms with E-state index in [1.807, 2.05) is 68.4 Å². The van der Waals surface area contributed by atoms with E-state index in [0.717, 1.165) is 120 Å². The molecule has 19 nitrogen and oxygen atoms in total. The molecule has 7 heterocycles. The molecule has 6 aromatic rings. The lowest BCUT2D eigenvalue weighted by Crippen LogP contribution is -2.44. The summed E-state index contributed by atoms with van der Waals surface area (Å²) in [6.07, 6.45) is 3.55. The van der Waals surface area contributed by atoms with Crippen LogP contribution in [0.15, 0.2) is 85.2 Å². The second kappa shape index (κ2) is 19.9. The summed E-state index contributed by atoms with van der Waals surface area (Å²) in [7, 11) is 2.14. The maximum atomic E-state index is 6.19. The molecule has 326 valence electrons. The van der Waals surface area contributed by atoms with Gasteiger partial charge in [-0.1, -0.05) is 12.1 Å². The highest BCUT2D eigenvalue weighted by atomic mass is 16.5. The Morgan fingerprint density at radius 3 is 1.98 bits per heavy atom. The number of morpholine rings is 2. The molecule has 0 aliphatic carbocycles. The molecule has 4 aromatic heterocycles. The van der Waals surface area contributed by atoms with Crippen LogP contribution in [-0.2, 0) is 16.0 Å². The van der Waals surface area contributed by atoms with Crippen molar-refractivity contribution in [3.63, 3.8) is 0 Å². The number of aromatic nitrogens is 8. The van der Waals surface area contributed by atoms with E-state index in [0.29, 0.717) is 23.7 Å². The number of piperazine rings is 1. The number of benzene rings is 2. The molecule has 0 bridgehead atoms. The molecule has 19 heteroatoms. The first kappa shape index (κ1) is 42.2. The van der Waals surface area contributed by atoms with Crippen molar-refractivity contribution in [3.8, 4) is 17.3 Å². The minimum atomic E-state index is 0.0702. The molecule has 0 atom stereocenters. The lowest BCUT2D eigenvalue weighted by molar-refractivity contribution is 0.0336. The molecule has 0 radical (unpaired) electrons. The van der Waals surface area contributed by atoms with Gasteiger partial charge in [0.25, 0.3) is 0 Å². The number of nitrogens with one attached hydrogen (secondary N) is 2. The number of hydrogen-bond acceptors (Lipinski definition) is 17. The second-order valence-corrected chi connectivity index (χ2v) is 15.5. The van der Waals surface area contributed by atoms with Crippen LogP contribution in [0.4, 0.5) is 46.7 Å². The summed E-state index contributed by atoms with van der Waals surface area (Å²) in [5.41, 5.74) is 17.1. The Labute approximate surface area is 361 Å². The number of nitrogens with two attached hydrogens (primary N) is 2. The lowest BCUT2D eigenvalue weighted by Gasteiger charge is -2.33. The Balaban J connectivity index is 0.000000171. The first-order chi connectivity index (χ1) is 30.2. The van der Waals surface area contributed by atoms with Crippen molar-refractivity contribution < 1.29 is 14.2 Å². The number of rotatable bonds is 12. The van der Waals surface area contributed by atoms with E-state index in [1.165, 1.54) is 10.4 Å². The summed E-state index contributed by atoms with van der Waals surface area (Å²) in [5.74, 6) is 3.83. The Kier molecular flexibility index (Phi) is 13.5. The number of nitrogens with zero attached hydrogens (tertiary/aromatic N) is 12. The van der Waals surface area contributed by atoms with Gasteiger partial charge in [-0.15, -0.1) is 10.2 Å². The standard InChI is InChI=1S/C22H29N9O.C21H27N7O2/c1-28-8-10-30(11-9-28)20-16-19(6-7-24-20)31-21(23)26-22(27-31)25-17-2-4-18(5-3-17)29-12-14-32-15-13-29;1-15(2)30-18-13-17(7-6-16(18)14-27-9-11-29-12-10-27)24-21-25-20(22)28(26-21)19-5-3-4-8-23-19/h2-7,16H,8-15H2,1H3,(H3,23,25,26,27);3-8,13,15H,9-12,14H2,1-2H3,(H3,22,24,25,26). The number of anilines is 8. The maximum absolute atomic E-state index is 6.19. The van der Waals surface area contributed by atoms with Crippen LogP contribution in [0, 0.1) is 0 Å². The molecule has 0 amide bonds. The highest BCUT2D eigenvalue weighted by Gasteiger charge is 2.19. The average molecular weight is 845 g/mol. The fourth-order valence-corrected chi connectivity index (χ4v) is 7.30. The Bertz CT molecular complexity index is 2340. The van der Waals surface area contributed by atoms with Crippen molar-refractivity contribution in [1.82, 2.24) is 49.3 Å². The number of ether oxygens (including phenoxy) is 3. The molecular weight excluding hydrogens is 789 g/mol. The third-order valence-corrected chi connectivity index (χ3v) is 10.6. The van der Waals surface area contributed by atoms with Crippen molar-refractivity contribution in [2.45, 2.75) is 26.5 Å². The Morgan fingerprint density at radius 1 is 0.645 bits per heavy atom. The van der Waals surface area contributed by atoms with Crippen LogP contribution in [-0.4, -0.2) is 141 Å². The molecule has 3 aliphatic heterocycles. The molecule has 0 spiro atoms. The fraction of sp³-hybridized carbons (Fsp3) is 0.395. The van der Waals surface area contributed by atoms with E-state index in [-0.39, 0.29) is 12.1 Å². The Morgan fingerprint density at radius 2 is 1.29 bits per heavy atom. The SMILES string of the molecule is CC(C)Oc1cc(Nc2nc(N)n(-c3ccccn3)n2)ccc1CN1CCOCC1.CN1CCN(c2cc(-n3nc(Nc4ccc(N5CCOCC5)cc4)nc3N)ccn2)CC1. The molecule has 2 aromatic carbocycles. The first-order valence-corrected chi connectivity index (χ1v) is 21.1. The van der Waals surface area contributed by atoms with Gasteiger partial charge in [-0.05, 0) is 69.4 Å². The third-order valence-electron chi connectivity index (χ3n) is 10.6. The first-order valence-electron chi connectivity index (χ1n) is 21.1. The Hall–Kier alpha value is -6.54. The normalized spacial score (nSPS) is 16.2. The lowest BCUT2D eigenvalue weighted by atomic mass is 10.1. The van der Waals surface area contributed by atoms with Gasteiger partial charge >= 0.3 is 0 Å². The van der Waals surface area contributed by atoms with Gasteiger partial charge in [-0.25, -0.2) is 9.97 Å². The van der Waals surface area contributed by atoms with Crippen molar-refractivity contribution in [1.29, 1.82) is 0 Å². The van der Waals surface area contributed by atoms with Crippen LogP contribution in [0.25, 0.3) is 11.5 Å². The van der Waals surface area contributed by atoms with Crippen molar-refractivity contribution in [2.75, 3.05) is 118 Å². The maximum Gasteiger partial charge on any atom is 0.248 e. The fourth-order valence-electron chi connectivity index (χ4n) is 7.30. The zero-order valence-electron chi connectivity index (χ0n) is 35.6. The smallest absolute Gasteiger partial charge is 0.248 e. The molecule has 0 saturated carbocycles. The van der Waals surface area contributed by atoms with Gasteiger partial charge in [0.1, 0.15) is 11.6 Å². The molecule has 3 saturated heterocycles. The van der Waals surface area contributed by atoms with Crippen molar-refractivity contribution in [3.05, 3.63) is 90.8 Å². The number of pyridine rings is 2. The summed E-state index contributed by atoms with van der Waals surface area (Å²) < 4.78 is 20.1. The van der Waals surface area contributed by atoms with Gasteiger partial charge in [0.05, 0.1) is 38.2 Å². The monoisotopic (exact) mass is 844 g/mol. The topological polar surface area (TPSA) is 204 Å². The van der Waals surface area contributed by atoms with Gasteiger partial charge in [-0.3, -0.25) is 4.90 Å². The summed E-state index contributed by atoms with van der Waals surface area (Å²) >= 11 is 0. The minimum absolute atomic E-state index is 0.0702. The highest BCUT2D eigenvalue weighted by molar-refractivity contribution is 5.61. The van der Waals surface area contributed by atoms with E-state index >= 15 is 0 Å². The summed E-state index contributed by atoms with van der Waals surface area (Å²) in [4.78, 5) is 26.8. The molecule has 6 N–H and O–H groups in total. The van der Waals surface area contributed by atoms with Crippen LogP contribution >= 0.6 is 0 Å². The minimum Gasteiger partial charge on any atom is -0.491 e. The van der Waals surface area contributed by atoms with Gasteiger partial charge in [0, 0.05) is 106 Å².